The number of benzene rings is 1. The molecule has 0 aliphatic carbocycles. The molecule has 1 N–H and O–H groups in total. The average molecular weight is 309 g/mol. The molecular weight excluding hydrogens is 296 g/mol. The number of hydrogen-bond acceptors (Lipinski definition) is 6. The molecule has 0 unspecified atom stereocenters. The lowest BCUT2D eigenvalue weighted by molar-refractivity contribution is -0.385. The van der Waals surface area contributed by atoms with Crippen LogP contribution in [0.2, 0.25) is 5.02 Å². The number of ether oxygens (including phenoxy) is 1. The van der Waals surface area contributed by atoms with E-state index in [1.165, 1.54) is 7.11 Å². The van der Waals surface area contributed by atoms with E-state index >= 15 is 0 Å². The van der Waals surface area contributed by atoms with Crippen molar-refractivity contribution in [1.82, 2.24) is 9.97 Å². The predicted molar refractivity (Wildman–Crippen MR) is 78.8 cm³/mol. The first-order valence-corrected chi connectivity index (χ1v) is 6.44. The van der Waals surface area contributed by atoms with Crippen molar-refractivity contribution in [3.63, 3.8) is 0 Å². The summed E-state index contributed by atoms with van der Waals surface area (Å²) in [6.45, 7) is 2.01. The van der Waals surface area contributed by atoms with Gasteiger partial charge in [0.25, 0.3) is 5.88 Å². The van der Waals surface area contributed by atoms with Crippen LogP contribution in [0.15, 0.2) is 24.3 Å². The maximum atomic E-state index is 11.2. The van der Waals surface area contributed by atoms with E-state index in [9.17, 15) is 10.1 Å². The normalized spacial score (nSPS) is 10.2. The van der Waals surface area contributed by atoms with Crippen molar-refractivity contribution in [2.24, 2.45) is 0 Å². The van der Waals surface area contributed by atoms with Gasteiger partial charge in [-0.3, -0.25) is 10.1 Å². The standard InChI is InChI=1S/C13H13ClN4O3/c1-8-16-12(11(18(19)20)13(17-8)21-2)15-7-9-3-5-10(14)6-4-9/h3-6H,7H2,1-2H3,(H,15,16,17). The van der Waals surface area contributed by atoms with E-state index in [4.69, 9.17) is 16.3 Å². The highest BCUT2D eigenvalue weighted by atomic mass is 35.5. The fourth-order valence-electron chi connectivity index (χ4n) is 1.76. The molecule has 2 aromatic rings. The molecule has 1 aromatic carbocycles. The summed E-state index contributed by atoms with van der Waals surface area (Å²) in [5.74, 6) is 0.446. The van der Waals surface area contributed by atoms with E-state index in [1.54, 1.807) is 19.1 Å². The van der Waals surface area contributed by atoms with Gasteiger partial charge >= 0.3 is 5.69 Å². The topological polar surface area (TPSA) is 90.2 Å². The van der Waals surface area contributed by atoms with E-state index < -0.39 is 4.92 Å². The van der Waals surface area contributed by atoms with Crippen molar-refractivity contribution in [2.45, 2.75) is 13.5 Å². The summed E-state index contributed by atoms with van der Waals surface area (Å²) in [5, 5.41) is 14.7. The van der Waals surface area contributed by atoms with Crippen LogP contribution in [0, 0.1) is 17.0 Å². The first-order valence-electron chi connectivity index (χ1n) is 6.06. The van der Waals surface area contributed by atoms with E-state index in [1.807, 2.05) is 12.1 Å². The van der Waals surface area contributed by atoms with Crippen molar-refractivity contribution >= 4 is 23.1 Å². The monoisotopic (exact) mass is 308 g/mol. The van der Waals surface area contributed by atoms with E-state index in [0.717, 1.165) is 5.56 Å². The van der Waals surface area contributed by atoms with Gasteiger partial charge in [0.15, 0.2) is 0 Å². The summed E-state index contributed by atoms with van der Waals surface area (Å²) in [6.07, 6.45) is 0. The molecule has 110 valence electrons. The fourth-order valence-corrected chi connectivity index (χ4v) is 1.89. The van der Waals surface area contributed by atoms with Crippen LogP contribution in [0.25, 0.3) is 0 Å². The third kappa shape index (κ3) is 3.57. The van der Waals surface area contributed by atoms with Crippen LogP contribution < -0.4 is 10.1 Å². The highest BCUT2D eigenvalue weighted by Crippen LogP contribution is 2.31. The first kappa shape index (κ1) is 15.0. The van der Waals surface area contributed by atoms with Crippen molar-refractivity contribution in [1.29, 1.82) is 0 Å². The summed E-state index contributed by atoms with van der Waals surface area (Å²) < 4.78 is 4.95. The molecular formula is C13H13ClN4O3. The largest absolute Gasteiger partial charge is 0.476 e. The maximum absolute atomic E-state index is 11.2. The molecule has 1 heterocycles. The predicted octanol–water partition coefficient (Wildman–Crippen LogP) is 2.97. The molecule has 0 amide bonds. The summed E-state index contributed by atoms with van der Waals surface area (Å²) >= 11 is 5.81. The third-order valence-corrected chi connectivity index (χ3v) is 2.96. The Kier molecular flexibility index (Phi) is 4.54. The van der Waals surface area contributed by atoms with Gasteiger partial charge in [0.05, 0.1) is 12.0 Å². The van der Waals surface area contributed by atoms with Crippen LogP contribution in [0.1, 0.15) is 11.4 Å². The Labute approximate surface area is 126 Å². The number of methoxy groups -OCH3 is 1. The molecule has 0 radical (unpaired) electrons. The quantitative estimate of drug-likeness (QED) is 0.674. The Balaban J connectivity index is 2.28. The Morgan fingerprint density at radius 2 is 2.00 bits per heavy atom. The lowest BCUT2D eigenvalue weighted by atomic mass is 10.2. The minimum atomic E-state index is -0.567. The second-order valence-electron chi connectivity index (χ2n) is 4.21. The minimum absolute atomic E-state index is 0.0638. The number of aryl methyl sites for hydroxylation is 1. The van der Waals surface area contributed by atoms with Crippen molar-refractivity contribution in [2.75, 3.05) is 12.4 Å². The lowest BCUT2D eigenvalue weighted by Gasteiger charge is -2.09. The molecule has 21 heavy (non-hydrogen) atoms. The summed E-state index contributed by atoms with van der Waals surface area (Å²) in [7, 11) is 1.33. The zero-order valence-electron chi connectivity index (χ0n) is 11.5. The third-order valence-electron chi connectivity index (χ3n) is 2.71. The lowest BCUT2D eigenvalue weighted by Crippen LogP contribution is -2.08. The number of nitro groups is 1. The number of anilines is 1. The zero-order valence-corrected chi connectivity index (χ0v) is 12.2. The molecule has 0 saturated carbocycles. The Bertz CT molecular complexity index is 661. The second-order valence-corrected chi connectivity index (χ2v) is 4.65. The van der Waals surface area contributed by atoms with Crippen molar-refractivity contribution in [3.05, 3.63) is 50.8 Å². The van der Waals surface area contributed by atoms with Crippen LogP contribution in [0.4, 0.5) is 11.5 Å². The SMILES string of the molecule is COc1nc(C)nc(NCc2ccc(Cl)cc2)c1[N+](=O)[O-]. The number of rotatable bonds is 5. The van der Waals surface area contributed by atoms with E-state index in [-0.39, 0.29) is 17.4 Å². The minimum Gasteiger partial charge on any atom is -0.476 e. The van der Waals surface area contributed by atoms with Crippen LogP contribution in [0.5, 0.6) is 5.88 Å². The molecule has 0 fully saturated rings. The number of aromatic nitrogens is 2. The summed E-state index contributed by atoms with van der Waals surface area (Å²) in [5.41, 5.74) is 0.640. The van der Waals surface area contributed by atoms with Crippen molar-refractivity contribution in [3.8, 4) is 5.88 Å². The molecule has 7 nitrogen and oxygen atoms in total. The van der Waals surface area contributed by atoms with Crippen LogP contribution >= 0.6 is 11.6 Å². The van der Waals surface area contributed by atoms with Gasteiger partial charge in [-0.15, -0.1) is 0 Å². The Hall–Kier alpha value is -2.41. The Morgan fingerprint density at radius 1 is 1.33 bits per heavy atom. The Morgan fingerprint density at radius 3 is 2.57 bits per heavy atom. The number of nitrogens with zero attached hydrogens (tertiary/aromatic N) is 3. The smallest absolute Gasteiger partial charge is 0.372 e. The zero-order chi connectivity index (χ0) is 15.4. The van der Waals surface area contributed by atoms with Gasteiger partial charge in [-0.25, -0.2) is 4.98 Å². The van der Waals surface area contributed by atoms with Crippen LogP contribution in [0.3, 0.4) is 0 Å². The molecule has 8 heteroatoms. The van der Waals surface area contributed by atoms with Gasteiger partial charge in [-0.2, -0.15) is 4.98 Å². The molecule has 0 aliphatic rings. The number of hydrogen-bond donors (Lipinski definition) is 1. The van der Waals surface area contributed by atoms with E-state index in [2.05, 4.69) is 15.3 Å². The van der Waals surface area contributed by atoms with E-state index in [0.29, 0.717) is 17.4 Å². The molecule has 2 rings (SSSR count). The number of halogens is 1. The summed E-state index contributed by atoms with van der Waals surface area (Å²) in [6, 6.07) is 7.15. The molecule has 0 atom stereocenters. The second kappa shape index (κ2) is 6.36. The fraction of sp³-hybridized carbons (Fsp3) is 0.231. The molecule has 0 spiro atoms. The first-order chi connectivity index (χ1) is 10.0. The van der Waals surface area contributed by atoms with Gasteiger partial charge in [0.2, 0.25) is 5.82 Å². The molecule has 0 bridgehead atoms. The average Bonchev–Trinajstić information content (AvgIpc) is 2.45. The van der Waals surface area contributed by atoms with Crippen LogP contribution in [-0.2, 0) is 6.54 Å². The molecule has 0 aliphatic heterocycles. The maximum Gasteiger partial charge on any atom is 0.372 e. The van der Waals surface area contributed by atoms with Crippen LogP contribution in [-0.4, -0.2) is 22.0 Å². The van der Waals surface area contributed by atoms with Crippen molar-refractivity contribution < 1.29 is 9.66 Å². The number of nitrogens with one attached hydrogen (secondary N) is 1. The molecule has 0 saturated heterocycles. The van der Waals surface area contributed by atoms with Gasteiger partial charge in [0, 0.05) is 11.6 Å². The molecule has 1 aromatic heterocycles. The highest BCUT2D eigenvalue weighted by Gasteiger charge is 2.24. The van der Waals surface area contributed by atoms with Gasteiger partial charge in [-0.05, 0) is 24.6 Å². The highest BCUT2D eigenvalue weighted by molar-refractivity contribution is 6.30. The van der Waals surface area contributed by atoms with Gasteiger partial charge in [0.1, 0.15) is 5.82 Å². The summed E-state index contributed by atoms with van der Waals surface area (Å²) in [4.78, 5) is 18.6. The van der Waals surface area contributed by atoms with Gasteiger partial charge < -0.3 is 10.1 Å². The van der Waals surface area contributed by atoms with Gasteiger partial charge in [-0.1, -0.05) is 23.7 Å².